The van der Waals surface area contributed by atoms with E-state index >= 15 is 8.78 Å². The predicted octanol–water partition coefficient (Wildman–Crippen LogP) is 8.10. The maximum absolute atomic E-state index is 15.5. The van der Waals surface area contributed by atoms with Crippen LogP contribution in [0, 0.1) is 17.6 Å². The number of carbonyl (C=O) groups excluding carboxylic acids is 1. The Kier molecular flexibility index (Phi) is 10.7. The summed E-state index contributed by atoms with van der Waals surface area (Å²) < 4.78 is 124. The van der Waals surface area contributed by atoms with Gasteiger partial charge in [0.1, 0.15) is 35.4 Å². The molecular weight excluding hydrogens is 885 g/mol. The normalized spacial score (nSPS) is 18.8. The summed E-state index contributed by atoms with van der Waals surface area (Å²) in [6.45, 7) is -0.322. The summed E-state index contributed by atoms with van der Waals surface area (Å²) >= 11 is 12.7. The van der Waals surface area contributed by atoms with Crippen LogP contribution in [0.2, 0.25) is 10.0 Å². The molecule has 1 aliphatic heterocycles. The summed E-state index contributed by atoms with van der Waals surface area (Å²) in [7, 11) is -3.99. The molecule has 0 spiro atoms. The lowest BCUT2D eigenvalue weighted by atomic mass is 10.0. The van der Waals surface area contributed by atoms with Crippen LogP contribution >= 0.6 is 23.2 Å². The molecule has 3 heterocycles. The van der Waals surface area contributed by atoms with Crippen molar-refractivity contribution >= 4 is 50.0 Å². The number of aromatic nitrogens is 4. The highest BCUT2D eigenvalue weighted by atomic mass is 35.5. The van der Waals surface area contributed by atoms with E-state index in [0.29, 0.717) is 26.9 Å². The second-order valence-electron chi connectivity index (χ2n) is 15.3. The molecule has 322 valence electrons. The van der Waals surface area contributed by atoms with Gasteiger partial charge in [-0.05, 0) is 84.1 Å². The van der Waals surface area contributed by atoms with E-state index in [1.165, 1.54) is 40.7 Å². The molecule has 3 aliphatic rings. The van der Waals surface area contributed by atoms with E-state index in [9.17, 15) is 35.6 Å². The van der Waals surface area contributed by atoms with Crippen LogP contribution < -0.4 is 10.9 Å². The number of ether oxygens (including phenoxy) is 1. The molecule has 2 aliphatic carbocycles. The first-order valence-corrected chi connectivity index (χ1v) is 21.4. The van der Waals surface area contributed by atoms with Gasteiger partial charge in [0, 0.05) is 52.7 Å². The zero-order valence-electron chi connectivity index (χ0n) is 32.0. The zero-order chi connectivity index (χ0) is 43.8. The van der Waals surface area contributed by atoms with Crippen molar-refractivity contribution in [3.63, 3.8) is 0 Å². The minimum absolute atomic E-state index is 0.00110. The molecule has 2 fully saturated rings. The number of benzene rings is 4. The Morgan fingerprint density at radius 3 is 2.34 bits per heavy atom. The number of nitrogens with zero attached hydrogens (tertiary/aromatic N) is 5. The third kappa shape index (κ3) is 7.54. The van der Waals surface area contributed by atoms with E-state index in [0.717, 1.165) is 16.7 Å². The number of nitrogens with one attached hydrogen (secondary N) is 1. The van der Waals surface area contributed by atoms with Crippen LogP contribution in [-0.2, 0) is 38.4 Å². The molecule has 9 rings (SSSR count). The van der Waals surface area contributed by atoms with Crippen molar-refractivity contribution in [2.24, 2.45) is 5.92 Å². The number of alkyl halides is 4. The fraction of sp³-hybridized carbons (Fsp3) is 0.286. The second-order valence-corrected chi connectivity index (χ2v) is 18.0. The molecular formula is C42H32Cl2F6N6O5S. The van der Waals surface area contributed by atoms with E-state index in [-0.39, 0.29) is 76.2 Å². The summed E-state index contributed by atoms with van der Waals surface area (Å²) in [6.07, 6.45) is -3.64. The van der Waals surface area contributed by atoms with Gasteiger partial charge < -0.3 is 10.1 Å². The first-order chi connectivity index (χ1) is 29.5. The molecule has 62 heavy (non-hydrogen) atoms. The molecule has 1 saturated heterocycles. The molecule has 0 bridgehead atoms. The third-order valence-corrected chi connectivity index (χ3v) is 13.8. The quantitative estimate of drug-likeness (QED) is 0.130. The number of sulfonamides is 1. The van der Waals surface area contributed by atoms with E-state index in [1.807, 2.05) is 0 Å². The Balaban J connectivity index is 1.19. The van der Waals surface area contributed by atoms with Gasteiger partial charge >= 0.3 is 0 Å². The lowest BCUT2D eigenvalue weighted by Crippen LogP contribution is -2.40. The minimum atomic E-state index is -3.99. The average molecular weight is 918 g/mol. The second kappa shape index (κ2) is 15.8. The van der Waals surface area contributed by atoms with Gasteiger partial charge in [-0.15, -0.1) is 0 Å². The van der Waals surface area contributed by atoms with Crippen molar-refractivity contribution in [2.75, 3.05) is 26.3 Å². The number of morpholine rings is 1. The predicted molar refractivity (Wildman–Crippen MR) is 215 cm³/mol. The number of rotatable bonds is 11. The van der Waals surface area contributed by atoms with Gasteiger partial charge in [-0.2, -0.15) is 18.2 Å². The van der Waals surface area contributed by atoms with Gasteiger partial charge in [0.2, 0.25) is 15.9 Å². The first-order valence-electron chi connectivity index (χ1n) is 19.2. The van der Waals surface area contributed by atoms with Crippen LogP contribution in [0.15, 0.2) is 88.6 Å². The average Bonchev–Trinajstić information content (AvgIpc) is 3.88. The van der Waals surface area contributed by atoms with Crippen LogP contribution in [-0.4, -0.2) is 64.3 Å². The van der Waals surface area contributed by atoms with Gasteiger partial charge in [0.15, 0.2) is 0 Å². The van der Waals surface area contributed by atoms with E-state index in [1.54, 1.807) is 24.3 Å². The van der Waals surface area contributed by atoms with E-state index in [2.05, 4.69) is 10.4 Å². The molecule has 11 nitrogen and oxygen atoms in total. The van der Waals surface area contributed by atoms with Crippen molar-refractivity contribution in [2.45, 2.75) is 48.6 Å². The molecule has 1 amide bonds. The molecule has 6 aromatic rings. The summed E-state index contributed by atoms with van der Waals surface area (Å²) in [4.78, 5) is 33.5. The Morgan fingerprint density at radius 2 is 1.66 bits per heavy atom. The largest absolute Gasteiger partial charge is 0.379 e. The zero-order valence-corrected chi connectivity index (χ0v) is 34.3. The molecule has 2 unspecified atom stereocenters. The number of hydrogen-bond acceptors (Lipinski definition) is 7. The monoisotopic (exact) mass is 916 g/mol. The summed E-state index contributed by atoms with van der Waals surface area (Å²) in [5, 5.41) is 7.08. The molecule has 1 N–H and O–H groups in total. The number of hydrogen-bond donors (Lipinski definition) is 1. The Hall–Kier alpha value is -5.27. The third-order valence-electron chi connectivity index (χ3n) is 11.3. The van der Waals surface area contributed by atoms with E-state index < -0.39 is 87.7 Å². The first kappa shape index (κ1) is 42.1. The highest BCUT2D eigenvalue weighted by molar-refractivity contribution is 7.89. The lowest BCUT2D eigenvalue weighted by Gasteiger charge is -2.26. The molecule has 1 saturated carbocycles. The topological polar surface area (TPSA) is 128 Å². The Labute approximate surface area is 358 Å². The van der Waals surface area contributed by atoms with Crippen molar-refractivity contribution in [1.82, 2.24) is 29.0 Å². The highest BCUT2D eigenvalue weighted by Gasteiger charge is 2.67. The number of amides is 1. The minimum Gasteiger partial charge on any atom is -0.379 e. The number of fused-ring (bicyclic) bond motifs is 4. The number of carbonyl (C=O) groups is 1. The molecule has 4 aromatic carbocycles. The standard InChI is InChI=1S/C42H32Cl2F6N6O5S/c43-23-2-8-28(32(44)17-23)22-1-7-29-33(16-22)52-40(56(41(29)58)26-3-5-27(6-4-26)62(59,60)54-9-11-61-12-10-54)34(15-21-13-24(45)18-25(46)14-21)51-35(57)20-55-38-36(37(53-55)39(47)48)30-19-31(30)42(38,49)50/h1-8,13-14,16-18,30-31,34,39H,9-12,15,19-20H2,(H,51,57)/t30?,31?,34-/m0/s1. The molecule has 3 atom stereocenters. The summed E-state index contributed by atoms with van der Waals surface area (Å²) in [5.41, 5.74) is -1.47. The maximum Gasteiger partial charge on any atom is 0.293 e. The summed E-state index contributed by atoms with van der Waals surface area (Å²) in [5.74, 6) is -8.76. The molecule has 2 aromatic heterocycles. The van der Waals surface area contributed by atoms with Crippen LogP contribution in [0.25, 0.3) is 27.7 Å². The van der Waals surface area contributed by atoms with Crippen LogP contribution in [0.4, 0.5) is 26.3 Å². The van der Waals surface area contributed by atoms with Crippen molar-refractivity contribution in [1.29, 1.82) is 0 Å². The van der Waals surface area contributed by atoms with E-state index in [4.69, 9.17) is 32.9 Å². The van der Waals surface area contributed by atoms with Gasteiger partial charge in [-0.25, -0.2) is 31.0 Å². The molecule has 20 heteroatoms. The highest BCUT2D eigenvalue weighted by Crippen LogP contribution is 2.68. The lowest BCUT2D eigenvalue weighted by molar-refractivity contribution is -0.123. The van der Waals surface area contributed by atoms with Gasteiger partial charge in [0.05, 0.1) is 40.7 Å². The fourth-order valence-electron chi connectivity index (χ4n) is 8.41. The van der Waals surface area contributed by atoms with Crippen molar-refractivity contribution < 1.29 is 44.3 Å². The number of halogens is 8. The van der Waals surface area contributed by atoms with Crippen molar-refractivity contribution in [3.05, 3.63) is 139 Å². The maximum atomic E-state index is 15.5. The van der Waals surface area contributed by atoms with Gasteiger partial charge in [-0.3, -0.25) is 18.8 Å². The molecule has 0 radical (unpaired) electrons. The van der Waals surface area contributed by atoms with Crippen LogP contribution in [0.3, 0.4) is 0 Å². The summed E-state index contributed by atoms with van der Waals surface area (Å²) in [6, 6.07) is 15.8. The Bertz CT molecular complexity index is 2940. The van der Waals surface area contributed by atoms with Gasteiger partial charge in [-0.1, -0.05) is 35.3 Å². The Morgan fingerprint density at radius 1 is 0.952 bits per heavy atom. The smallest absolute Gasteiger partial charge is 0.293 e. The SMILES string of the molecule is O=C(Cn1nc(C(F)F)c2c1C(F)(F)C1CC21)N[C@@H](Cc1cc(F)cc(F)c1)c1nc2cc(-c3ccc(Cl)cc3Cl)ccc2c(=O)n1-c1ccc(S(=O)(=O)N2CCOCC2)cc1. The fourth-order valence-corrected chi connectivity index (χ4v) is 10.3. The van der Waals surface area contributed by atoms with Crippen LogP contribution in [0.1, 0.15) is 53.1 Å². The van der Waals surface area contributed by atoms with Crippen LogP contribution in [0.5, 0.6) is 0 Å². The van der Waals surface area contributed by atoms with Gasteiger partial charge in [0.25, 0.3) is 17.9 Å². The van der Waals surface area contributed by atoms with Crippen molar-refractivity contribution in [3.8, 4) is 16.8 Å².